The molecular formula is C12H19NOS. The molecule has 0 saturated heterocycles. The summed E-state index contributed by atoms with van der Waals surface area (Å²) in [5, 5.41) is 0. The highest BCUT2D eigenvalue weighted by Gasteiger charge is 2.13. The Labute approximate surface area is 96.4 Å². The fourth-order valence-corrected chi connectivity index (χ4v) is 2.28. The first-order valence-corrected chi connectivity index (χ1v) is 6.02. The Morgan fingerprint density at radius 1 is 1.40 bits per heavy atom. The molecule has 0 N–H and O–H groups in total. The summed E-state index contributed by atoms with van der Waals surface area (Å²) in [6.07, 6.45) is 1.88. The average Bonchev–Trinajstić information content (AvgIpc) is 2.07. The Hall–Kier alpha value is -0.700. The van der Waals surface area contributed by atoms with Crippen molar-refractivity contribution in [1.82, 2.24) is 4.98 Å². The van der Waals surface area contributed by atoms with Crippen LogP contribution in [0.1, 0.15) is 33.3 Å². The van der Waals surface area contributed by atoms with Crippen molar-refractivity contribution in [1.29, 1.82) is 0 Å². The van der Waals surface area contributed by atoms with Crippen molar-refractivity contribution in [3.05, 3.63) is 17.8 Å². The zero-order valence-electron chi connectivity index (χ0n) is 10.1. The van der Waals surface area contributed by atoms with Gasteiger partial charge in [0.15, 0.2) is 0 Å². The molecule has 2 nitrogen and oxygen atoms in total. The van der Waals surface area contributed by atoms with Gasteiger partial charge in [-0.05, 0) is 19.9 Å². The third kappa shape index (κ3) is 4.12. The van der Waals surface area contributed by atoms with Gasteiger partial charge in [-0.2, -0.15) is 0 Å². The van der Waals surface area contributed by atoms with Crippen LogP contribution in [0, 0.1) is 6.92 Å². The first-order valence-electron chi connectivity index (χ1n) is 5.21. The van der Waals surface area contributed by atoms with Crippen LogP contribution in [0.25, 0.3) is 0 Å². The second kappa shape index (κ2) is 4.88. The number of ether oxygens (including phenoxy) is 1. The van der Waals surface area contributed by atoms with E-state index in [1.54, 1.807) is 0 Å². The molecule has 0 fully saturated rings. The maximum Gasteiger partial charge on any atom is 0.216 e. The molecule has 0 unspecified atom stereocenters. The van der Waals surface area contributed by atoms with Gasteiger partial charge in [0.25, 0.3) is 0 Å². The first kappa shape index (κ1) is 12.4. The second-order valence-corrected chi connectivity index (χ2v) is 6.34. The number of rotatable bonds is 3. The molecule has 1 rings (SSSR count). The zero-order chi connectivity index (χ0) is 11.5. The highest BCUT2D eigenvalue weighted by atomic mass is 32.2. The topological polar surface area (TPSA) is 22.1 Å². The Kier molecular flexibility index (Phi) is 4.03. The third-order valence-corrected chi connectivity index (χ3v) is 2.78. The van der Waals surface area contributed by atoms with Crippen molar-refractivity contribution < 1.29 is 4.74 Å². The molecule has 0 aliphatic carbocycles. The number of hydrogen-bond acceptors (Lipinski definition) is 3. The van der Waals surface area contributed by atoms with Crippen LogP contribution in [0.4, 0.5) is 0 Å². The molecule has 0 bridgehead atoms. The maximum absolute atomic E-state index is 5.40. The van der Waals surface area contributed by atoms with Gasteiger partial charge in [0.2, 0.25) is 5.88 Å². The lowest BCUT2D eigenvalue weighted by molar-refractivity contribution is 0.324. The van der Waals surface area contributed by atoms with Crippen molar-refractivity contribution >= 4 is 11.8 Å². The van der Waals surface area contributed by atoms with Gasteiger partial charge in [0, 0.05) is 21.4 Å². The molecule has 1 heterocycles. The molecular weight excluding hydrogens is 206 g/mol. The van der Waals surface area contributed by atoms with Crippen LogP contribution < -0.4 is 4.74 Å². The molecule has 0 amide bonds. The monoisotopic (exact) mass is 225 g/mol. The van der Waals surface area contributed by atoms with E-state index in [1.807, 2.05) is 31.8 Å². The quantitative estimate of drug-likeness (QED) is 0.733. The molecule has 0 spiro atoms. The van der Waals surface area contributed by atoms with E-state index in [-0.39, 0.29) is 4.75 Å². The van der Waals surface area contributed by atoms with Crippen molar-refractivity contribution in [3.63, 3.8) is 0 Å². The van der Waals surface area contributed by atoms with E-state index >= 15 is 0 Å². The molecule has 0 aliphatic rings. The van der Waals surface area contributed by atoms with Gasteiger partial charge < -0.3 is 4.74 Å². The van der Waals surface area contributed by atoms with Crippen LogP contribution >= 0.6 is 11.8 Å². The fraction of sp³-hybridized carbons (Fsp3) is 0.583. The van der Waals surface area contributed by atoms with E-state index in [2.05, 4.69) is 31.8 Å². The Morgan fingerprint density at radius 3 is 2.53 bits per heavy atom. The lowest BCUT2D eigenvalue weighted by Gasteiger charge is -2.17. The highest BCUT2D eigenvalue weighted by molar-refractivity contribution is 8.00. The van der Waals surface area contributed by atoms with Crippen LogP contribution in [0.3, 0.4) is 0 Å². The summed E-state index contributed by atoms with van der Waals surface area (Å²) in [5.41, 5.74) is 1.10. The van der Waals surface area contributed by atoms with Crippen molar-refractivity contribution in [2.75, 3.05) is 6.61 Å². The van der Waals surface area contributed by atoms with Gasteiger partial charge in [-0.3, -0.25) is 0 Å². The van der Waals surface area contributed by atoms with Crippen LogP contribution in [0.15, 0.2) is 17.2 Å². The lowest BCUT2D eigenvalue weighted by atomic mass is 10.3. The molecule has 0 aliphatic heterocycles. The molecule has 1 aromatic rings. The second-order valence-electron chi connectivity index (χ2n) is 4.44. The third-order valence-electron chi connectivity index (χ3n) is 1.71. The number of aromatic nitrogens is 1. The van der Waals surface area contributed by atoms with E-state index in [0.717, 1.165) is 11.4 Å². The van der Waals surface area contributed by atoms with Gasteiger partial charge in [0.05, 0.1) is 6.61 Å². The smallest absolute Gasteiger partial charge is 0.216 e. The summed E-state index contributed by atoms with van der Waals surface area (Å²) >= 11 is 1.82. The van der Waals surface area contributed by atoms with Crippen LogP contribution in [-0.2, 0) is 0 Å². The Balaban J connectivity index is 2.82. The van der Waals surface area contributed by atoms with E-state index in [1.165, 1.54) is 4.90 Å². The van der Waals surface area contributed by atoms with Gasteiger partial charge in [-0.25, -0.2) is 4.98 Å². The van der Waals surface area contributed by atoms with Gasteiger partial charge in [0.1, 0.15) is 0 Å². The predicted molar refractivity (Wildman–Crippen MR) is 65.8 cm³/mol. The number of pyridine rings is 1. The van der Waals surface area contributed by atoms with Crippen LogP contribution in [0.2, 0.25) is 0 Å². The lowest BCUT2D eigenvalue weighted by Crippen LogP contribution is -2.07. The van der Waals surface area contributed by atoms with E-state index < -0.39 is 0 Å². The number of thioether (sulfide) groups is 1. The summed E-state index contributed by atoms with van der Waals surface area (Å²) in [7, 11) is 0. The molecule has 15 heavy (non-hydrogen) atoms. The van der Waals surface area contributed by atoms with Gasteiger partial charge >= 0.3 is 0 Å². The maximum atomic E-state index is 5.40. The molecule has 0 aromatic carbocycles. The summed E-state index contributed by atoms with van der Waals surface area (Å²) < 4.78 is 5.62. The zero-order valence-corrected chi connectivity index (χ0v) is 10.9. The fourth-order valence-electron chi connectivity index (χ4n) is 1.23. The molecule has 84 valence electrons. The minimum Gasteiger partial charge on any atom is -0.478 e. The highest BCUT2D eigenvalue weighted by Crippen LogP contribution is 2.32. The summed E-state index contributed by atoms with van der Waals surface area (Å²) in [4.78, 5) is 5.51. The molecule has 0 atom stereocenters. The summed E-state index contributed by atoms with van der Waals surface area (Å²) in [6, 6.07) is 2.13. The van der Waals surface area contributed by atoms with Crippen molar-refractivity contribution in [3.8, 4) is 5.88 Å². The van der Waals surface area contributed by atoms with Crippen molar-refractivity contribution in [2.24, 2.45) is 0 Å². The number of aryl methyl sites for hydroxylation is 1. The van der Waals surface area contributed by atoms with E-state index in [4.69, 9.17) is 4.74 Å². The first-order chi connectivity index (χ1) is 6.92. The van der Waals surface area contributed by atoms with E-state index in [9.17, 15) is 0 Å². The minimum absolute atomic E-state index is 0.223. The molecule has 3 heteroatoms. The van der Waals surface area contributed by atoms with Gasteiger partial charge in [-0.1, -0.05) is 20.8 Å². The molecule has 0 radical (unpaired) electrons. The van der Waals surface area contributed by atoms with Crippen molar-refractivity contribution in [2.45, 2.75) is 44.3 Å². The van der Waals surface area contributed by atoms with E-state index in [0.29, 0.717) is 6.61 Å². The Morgan fingerprint density at radius 2 is 2.07 bits per heavy atom. The van der Waals surface area contributed by atoms with Crippen LogP contribution in [0.5, 0.6) is 5.88 Å². The predicted octanol–water partition coefficient (Wildman–Crippen LogP) is 3.68. The molecule has 1 aromatic heterocycles. The van der Waals surface area contributed by atoms with Gasteiger partial charge in [-0.15, -0.1) is 11.8 Å². The standard InChI is InChI=1S/C12H19NOS/c1-6-14-11-9(2)7-10(8-13-11)15-12(3,4)5/h7-8H,6H2,1-5H3. The largest absolute Gasteiger partial charge is 0.478 e. The van der Waals surface area contributed by atoms with Crippen LogP contribution in [-0.4, -0.2) is 16.3 Å². The number of nitrogens with zero attached hydrogens (tertiary/aromatic N) is 1. The normalized spacial score (nSPS) is 11.5. The summed E-state index contributed by atoms with van der Waals surface area (Å²) in [6.45, 7) is 11.3. The average molecular weight is 225 g/mol. The summed E-state index contributed by atoms with van der Waals surface area (Å²) in [5.74, 6) is 0.746. The number of hydrogen-bond donors (Lipinski definition) is 0. The Bertz CT molecular complexity index is 331. The molecule has 0 saturated carbocycles. The SMILES string of the molecule is CCOc1ncc(SC(C)(C)C)cc1C. The minimum atomic E-state index is 0.223.